The number of phenols is 1. The van der Waals surface area contributed by atoms with Gasteiger partial charge in [-0.1, -0.05) is 23.7 Å². The molecular formula is C30H31ClN2O4S. The van der Waals surface area contributed by atoms with Crippen molar-refractivity contribution in [2.24, 2.45) is 0 Å². The molecule has 4 aliphatic rings. The molecule has 1 saturated carbocycles. The number of hydrogen-bond donors (Lipinski definition) is 2. The third-order valence-electron chi connectivity index (χ3n) is 9.75. The maximum Gasteiger partial charge on any atom is 0.227 e. The molecular weight excluding hydrogens is 520 g/mol. The molecule has 1 spiro atoms. The van der Waals surface area contributed by atoms with Gasteiger partial charge >= 0.3 is 0 Å². The molecule has 1 aromatic heterocycles. The predicted molar refractivity (Wildman–Crippen MR) is 149 cm³/mol. The van der Waals surface area contributed by atoms with Gasteiger partial charge in [0.15, 0.2) is 11.5 Å². The number of hydrogen-bond acceptors (Lipinski definition) is 6. The first-order valence-corrected chi connectivity index (χ1v) is 14.5. The molecule has 7 rings (SSSR count). The number of amides is 1. The second-order valence-electron chi connectivity index (χ2n) is 11.3. The van der Waals surface area contributed by atoms with Crippen LogP contribution in [0.15, 0.2) is 48.4 Å². The number of ether oxygens (including phenoxy) is 1. The number of aliphatic hydroxyl groups is 1. The van der Waals surface area contributed by atoms with Crippen LogP contribution in [0.3, 0.4) is 0 Å². The van der Waals surface area contributed by atoms with Crippen LogP contribution in [0.25, 0.3) is 10.1 Å². The van der Waals surface area contributed by atoms with E-state index in [2.05, 4.69) is 11.5 Å². The summed E-state index contributed by atoms with van der Waals surface area (Å²) in [5, 5.41) is 27.1. The molecule has 2 unspecified atom stereocenters. The van der Waals surface area contributed by atoms with Crippen LogP contribution in [-0.4, -0.2) is 69.8 Å². The number of piperidine rings is 1. The monoisotopic (exact) mass is 550 g/mol. The number of phenolic OH excluding ortho intramolecular Hbond substituents is 1. The molecule has 2 bridgehead atoms. The molecule has 0 radical (unpaired) electrons. The summed E-state index contributed by atoms with van der Waals surface area (Å²) in [6.45, 7) is 5.47. The largest absolute Gasteiger partial charge is 0.504 e. The summed E-state index contributed by atoms with van der Waals surface area (Å²) in [6.07, 6.45) is 4.35. The number of aromatic hydroxyl groups is 1. The lowest BCUT2D eigenvalue weighted by atomic mass is 9.48. The fourth-order valence-corrected chi connectivity index (χ4v) is 9.16. The third-order valence-corrected chi connectivity index (χ3v) is 11.0. The zero-order valence-corrected chi connectivity index (χ0v) is 22.9. The lowest BCUT2D eigenvalue weighted by Crippen LogP contribution is -2.78. The zero-order valence-electron chi connectivity index (χ0n) is 21.3. The Morgan fingerprint density at radius 2 is 2.18 bits per heavy atom. The molecule has 3 aromatic rings. The van der Waals surface area contributed by atoms with Gasteiger partial charge in [-0.3, -0.25) is 9.69 Å². The van der Waals surface area contributed by atoms with Crippen LogP contribution in [0.5, 0.6) is 11.5 Å². The fraction of sp³-hybridized carbons (Fsp3) is 0.433. The van der Waals surface area contributed by atoms with Crippen LogP contribution in [0, 0.1) is 0 Å². The van der Waals surface area contributed by atoms with E-state index in [0.29, 0.717) is 36.5 Å². The van der Waals surface area contributed by atoms with Crippen LogP contribution in [0.4, 0.5) is 0 Å². The maximum absolute atomic E-state index is 13.7. The number of carbonyl (C=O) groups is 1. The number of halogens is 1. The Balaban J connectivity index is 1.26. The van der Waals surface area contributed by atoms with E-state index in [1.165, 1.54) is 0 Å². The first kappa shape index (κ1) is 24.5. The minimum atomic E-state index is -1.01. The topological polar surface area (TPSA) is 73.2 Å². The molecule has 6 nitrogen and oxygen atoms in total. The number of rotatable bonds is 5. The molecule has 2 aromatic carbocycles. The smallest absolute Gasteiger partial charge is 0.227 e. The van der Waals surface area contributed by atoms with Gasteiger partial charge in [0.25, 0.3) is 0 Å². The summed E-state index contributed by atoms with van der Waals surface area (Å²) in [6, 6.07) is 9.20. The molecule has 2 aliphatic carbocycles. The van der Waals surface area contributed by atoms with Crippen molar-refractivity contribution in [2.45, 2.75) is 61.3 Å². The van der Waals surface area contributed by atoms with E-state index in [4.69, 9.17) is 16.3 Å². The van der Waals surface area contributed by atoms with E-state index in [1.807, 2.05) is 47.7 Å². The molecule has 2 fully saturated rings. The molecule has 5 atom stereocenters. The molecule has 3 heterocycles. The molecule has 8 heteroatoms. The Morgan fingerprint density at radius 1 is 1.34 bits per heavy atom. The van der Waals surface area contributed by atoms with Crippen LogP contribution < -0.4 is 4.74 Å². The molecule has 198 valence electrons. The first-order chi connectivity index (χ1) is 18.3. The van der Waals surface area contributed by atoms with Crippen molar-refractivity contribution in [3.8, 4) is 11.5 Å². The molecule has 1 saturated heterocycles. The SMILES string of the molecule is C=CCN1CC[C@]23c4c5ccc(O)c4OC2C(N(C)C(=O)Cc2csc4ccc(Cl)cc24)CC[C@@]3(O)[C@H]1C5. The summed E-state index contributed by atoms with van der Waals surface area (Å²) in [5.41, 5.74) is 1.38. The van der Waals surface area contributed by atoms with Crippen molar-refractivity contribution in [2.75, 3.05) is 20.1 Å². The van der Waals surface area contributed by atoms with Crippen molar-refractivity contribution < 1.29 is 19.7 Å². The summed E-state index contributed by atoms with van der Waals surface area (Å²) in [4.78, 5) is 17.9. The highest BCUT2D eigenvalue weighted by molar-refractivity contribution is 7.17. The van der Waals surface area contributed by atoms with Crippen molar-refractivity contribution >= 4 is 38.9 Å². The van der Waals surface area contributed by atoms with Crippen molar-refractivity contribution in [3.63, 3.8) is 0 Å². The van der Waals surface area contributed by atoms with Crippen LogP contribution in [0.1, 0.15) is 36.0 Å². The number of benzene rings is 2. The number of nitrogens with zero attached hydrogens (tertiary/aromatic N) is 2. The van der Waals surface area contributed by atoms with Crippen LogP contribution >= 0.6 is 22.9 Å². The molecule has 2 N–H and O–H groups in total. The Hall–Kier alpha value is -2.58. The fourth-order valence-electron chi connectivity index (χ4n) is 8.05. The van der Waals surface area contributed by atoms with Crippen molar-refractivity contribution in [1.82, 2.24) is 9.80 Å². The van der Waals surface area contributed by atoms with E-state index in [0.717, 1.165) is 39.9 Å². The van der Waals surface area contributed by atoms with Crippen molar-refractivity contribution in [3.05, 3.63) is 70.1 Å². The highest BCUT2D eigenvalue weighted by atomic mass is 35.5. The highest BCUT2D eigenvalue weighted by Gasteiger charge is 2.73. The van der Waals surface area contributed by atoms with Gasteiger partial charge in [-0.2, -0.15) is 0 Å². The number of fused-ring (bicyclic) bond motifs is 1. The number of likely N-dealkylation sites (tertiary alicyclic amines) is 1. The third kappa shape index (κ3) is 3.10. The number of thiophene rings is 1. The van der Waals surface area contributed by atoms with E-state index in [1.54, 1.807) is 17.4 Å². The summed E-state index contributed by atoms with van der Waals surface area (Å²) >= 11 is 7.87. The lowest BCUT2D eigenvalue weighted by Gasteiger charge is -2.64. The minimum absolute atomic E-state index is 0.0111. The van der Waals surface area contributed by atoms with E-state index >= 15 is 0 Å². The van der Waals surface area contributed by atoms with Crippen LogP contribution in [0.2, 0.25) is 5.02 Å². The normalized spacial score (nSPS) is 31.1. The van der Waals surface area contributed by atoms with Crippen molar-refractivity contribution in [1.29, 1.82) is 0 Å². The Morgan fingerprint density at radius 3 is 3.00 bits per heavy atom. The summed E-state index contributed by atoms with van der Waals surface area (Å²) in [7, 11) is 1.86. The molecule has 38 heavy (non-hydrogen) atoms. The van der Waals surface area contributed by atoms with Gasteiger partial charge in [-0.15, -0.1) is 17.9 Å². The van der Waals surface area contributed by atoms with Gasteiger partial charge in [0.1, 0.15) is 6.10 Å². The van der Waals surface area contributed by atoms with E-state index in [9.17, 15) is 15.0 Å². The zero-order chi connectivity index (χ0) is 26.4. The van der Waals surface area contributed by atoms with E-state index < -0.39 is 17.1 Å². The number of likely N-dealkylation sites (N-methyl/N-ethyl adjacent to an activating group) is 1. The standard InChI is InChI=1S/C30H31ClN2O4S/c1-3-11-33-12-10-29-26-17-4-6-22(34)27(26)37-28(29)21(8-9-30(29,36)24(33)13-17)32(2)25(35)14-18-16-38-23-7-5-19(31)15-20(18)23/h3-7,15-16,21,24,28,34,36H,1,8-14H2,2H3/t21?,24-,28?,29+,30-/m1/s1. The Labute approximate surface area is 231 Å². The van der Waals surface area contributed by atoms with Gasteiger partial charge in [-0.05, 0) is 78.4 Å². The molecule has 2 aliphatic heterocycles. The quantitative estimate of drug-likeness (QED) is 0.452. The average Bonchev–Trinajstić information content (AvgIpc) is 3.45. The minimum Gasteiger partial charge on any atom is -0.504 e. The maximum atomic E-state index is 13.7. The summed E-state index contributed by atoms with van der Waals surface area (Å²) < 4.78 is 7.73. The van der Waals surface area contributed by atoms with Gasteiger partial charge < -0.3 is 19.8 Å². The Kier molecular flexibility index (Phi) is 5.44. The highest BCUT2D eigenvalue weighted by Crippen LogP contribution is 2.65. The van der Waals surface area contributed by atoms with Crippen LogP contribution in [-0.2, 0) is 23.1 Å². The van der Waals surface area contributed by atoms with Gasteiger partial charge in [0, 0.05) is 34.9 Å². The second-order valence-corrected chi connectivity index (χ2v) is 12.7. The van der Waals surface area contributed by atoms with Gasteiger partial charge in [-0.25, -0.2) is 0 Å². The predicted octanol–water partition coefficient (Wildman–Crippen LogP) is 4.67. The van der Waals surface area contributed by atoms with E-state index in [-0.39, 0.29) is 30.2 Å². The average molecular weight is 551 g/mol. The first-order valence-electron chi connectivity index (χ1n) is 13.3. The lowest BCUT2D eigenvalue weighted by molar-refractivity contribution is -0.198. The van der Waals surface area contributed by atoms with Gasteiger partial charge in [0.05, 0.1) is 23.5 Å². The Bertz CT molecular complexity index is 1490. The van der Waals surface area contributed by atoms with Gasteiger partial charge in [0.2, 0.25) is 5.91 Å². The second kappa shape index (κ2) is 8.46. The molecule has 1 amide bonds. The summed E-state index contributed by atoms with van der Waals surface area (Å²) in [5.74, 6) is 0.612. The number of carbonyl (C=O) groups excluding carboxylic acids is 1.